The number of nitrogens with one attached hydrogen (secondary N) is 1. The molecule has 2 bridgehead atoms. The van der Waals surface area contributed by atoms with E-state index in [2.05, 4.69) is 17.3 Å². The molecule has 3 aliphatic rings. The lowest BCUT2D eigenvalue weighted by Gasteiger charge is -2.35. The Morgan fingerprint density at radius 2 is 1.82 bits per heavy atom. The van der Waals surface area contributed by atoms with Crippen molar-refractivity contribution in [1.82, 2.24) is 10.2 Å². The summed E-state index contributed by atoms with van der Waals surface area (Å²) in [6, 6.07) is 0.788. The van der Waals surface area contributed by atoms with Crippen molar-refractivity contribution in [2.75, 3.05) is 26.7 Å². The van der Waals surface area contributed by atoms with E-state index in [1.54, 1.807) is 25.7 Å². The van der Waals surface area contributed by atoms with Gasteiger partial charge in [0.05, 0.1) is 0 Å². The summed E-state index contributed by atoms with van der Waals surface area (Å²) in [6.07, 6.45) is 8.92. The molecular formula is C14H27ClN2. The fraction of sp³-hybridized carbons (Fsp3) is 1.00. The van der Waals surface area contributed by atoms with Crippen molar-refractivity contribution in [2.45, 2.75) is 44.6 Å². The molecular weight excluding hydrogens is 232 g/mol. The van der Waals surface area contributed by atoms with E-state index in [-0.39, 0.29) is 12.4 Å². The summed E-state index contributed by atoms with van der Waals surface area (Å²) in [5, 5.41) is 3.42. The van der Waals surface area contributed by atoms with Gasteiger partial charge >= 0.3 is 0 Å². The third kappa shape index (κ3) is 2.97. The average molecular weight is 259 g/mol. The first-order valence-corrected chi connectivity index (χ1v) is 7.24. The topological polar surface area (TPSA) is 15.3 Å². The van der Waals surface area contributed by atoms with Crippen LogP contribution in [0.15, 0.2) is 0 Å². The maximum absolute atomic E-state index is 3.42. The van der Waals surface area contributed by atoms with E-state index in [4.69, 9.17) is 0 Å². The van der Waals surface area contributed by atoms with Gasteiger partial charge in [-0.25, -0.2) is 0 Å². The number of nitrogens with zero attached hydrogens (tertiary/aromatic N) is 1. The van der Waals surface area contributed by atoms with Crippen LogP contribution in [-0.4, -0.2) is 37.6 Å². The Labute approximate surface area is 112 Å². The number of halogens is 1. The molecule has 1 aliphatic heterocycles. The Morgan fingerprint density at radius 1 is 1.06 bits per heavy atom. The van der Waals surface area contributed by atoms with Crippen molar-refractivity contribution in [3.05, 3.63) is 0 Å². The van der Waals surface area contributed by atoms with Crippen molar-refractivity contribution in [2.24, 2.45) is 17.8 Å². The molecule has 0 aromatic heterocycles. The standard InChI is InChI=1S/C14H26N2.ClH/c1-15-14-4-6-16(7-5-14)10-13-9-11-2-3-12(13)8-11;/h11-15H,2-10H2,1H3;1H. The molecule has 2 nitrogen and oxygen atoms in total. The molecule has 17 heavy (non-hydrogen) atoms. The maximum Gasteiger partial charge on any atom is 0.00884 e. The molecule has 3 fully saturated rings. The quantitative estimate of drug-likeness (QED) is 0.837. The van der Waals surface area contributed by atoms with Crippen molar-refractivity contribution in [3.63, 3.8) is 0 Å². The van der Waals surface area contributed by atoms with Crippen LogP contribution >= 0.6 is 12.4 Å². The summed E-state index contributed by atoms with van der Waals surface area (Å²) < 4.78 is 0. The van der Waals surface area contributed by atoms with Crippen LogP contribution in [0.4, 0.5) is 0 Å². The van der Waals surface area contributed by atoms with Crippen LogP contribution in [0.3, 0.4) is 0 Å². The molecule has 0 aromatic rings. The molecule has 0 spiro atoms. The van der Waals surface area contributed by atoms with Gasteiger partial charge in [0.1, 0.15) is 0 Å². The third-order valence-electron chi connectivity index (χ3n) is 5.37. The minimum atomic E-state index is 0. The monoisotopic (exact) mass is 258 g/mol. The minimum Gasteiger partial charge on any atom is -0.317 e. The predicted octanol–water partition coefficient (Wildman–Crippen LogP) is 2.53. The first kappa shape index (κ1) is 13.6. The molecule has 3 heteroatoms. The van der Waals surface area contributed by atoms with Crippen LogP contribution in [0.1, 0.15) is 38.5 Å². The highest BCUT2D eigenvalue weighted by molar-refractivity contribution is 5.85. The summed E-state index contributed by atoms with van der Waals surface area (Å²) in [4.78, 5) is 2.74. The number of hydrogen-bond donors (Lipinski definition) is 1. The zero-order valence-corrected chi connectivity index (χ0v) is 11.8. The summed E-state index contributed by atoms with van der Waals surface area (Å²) >= 11 is 0. The van der Waals surface area contributed by atoms with Crippen LogP contribution in [0.5, 0.6) is 0 Å². The van der Waals surface area contributed by atoms with Crippen molar-refractivity contribution in [3.8, 4) is 0 Å². The van der Waals surface area contributed by atoms with Gasteiger partial charge in [-0.15, -0.1) is 12.4 Å². The average Bonchev–Trinajstić information content (AvgIpc) is 2.92. The van der Waals surface area contributed by atoms with Gasteiger partial charge in [0.15, 0.2) is 0 Å². The van der Waals surface area contributed by atoms with E-state index in [0.717, 1.165) is 23.8 Å². The molecule has 2 saturated carbocycles. The predicted molar refractivity (Wildman–Crippen MR) is 74.7 cm³/mol. The normalized spacial score (nSPS) is 38.3. The second-order valence-electron chi connectivity index (χ2n) is 6.30. The lowest BCUT2D eigenvalue weighted by atomic mass is 9.88. The van der Waals surface area contributed by atoms with Crippen LogP contribution in [0.25, 0.3) is 0 Å². The smallest absolute Gasteiger partial charge is 0.00884 e. The van der Waals surface area contributed by atoms with Crippen LogP contribution < -0.4 is 5.32 Å². The van der Waals surface area contributed by atoms with Gasteiger partial charge in [0, 0.05) is 12.6 Å². The first-order valence-electron chi connectivity index (χ1n) is 7.24. The maximum atomic E-state index is 3.42. The molecule has 100 valence electrons. The number of likely N-dealkylation sites (tertiary alicyclic amines) is 1. The van der Waals surface area contributed by atoms with E-state index in [0.29, 0.717) is 0 Å². The number of hydrogen-bond acceptors (Lipinski definition) is 2. The van der Waals surface area contributed by atoms with Crippen LogP contribution in [-0.2, 0) is 0 Å². The molecule has 1 N–H and O–H groups in total. The fourth-order valence-electron chi connectivity index (χ4n) is 4.34. The van der Waals surface area contributed by atoms with E-state index in [9.17, 15) is 0 Å². The zero-order valence-electron chi connectivity index (χ0n) is 11.0. The first-order chi connectivity index (χ1) is 7.85. The summed E-state index contributed by atoms with van der Waals surface area (Å²) in [5.74, 6) is 3.28. The highest BCUT2D eigenvalue weighted by atomic mass is 35.5. The van der Waals surface area contributed by atoms with Gasteiger partial charge in [-0.3, -0.25) is 0 Å². The van der Waals surface area contributed by atoms with Gasteiger partial charge in [0.2, 0.25) is 0 Å². The summed E-state index contributed by atoms with van der Waals surface area (Å²) in [5.41, 5.74) is 0. The fourth-order valence-corrected chi connectivity index (χ4v) is 4.34. The minimum absolute atomic E-state index is 0. The molecule has 3 unspecified atom stereocenters. The highest BCUT2D eigenvalue weighted by Gasteiger charge is 2.40. The van der Waals surface area contributed by atoms with E-state index in [1.165, 1.54) is 32.5 Å². The van der Waals surface area contributed by atoms with Crippen molar-refractivity contribution in [1.29, 1.82) is 0 Å². The van der Waals surface area contributed by atoms with Gasteiger partial charge in [-0.2, -0.15) is 0 Å². The SMILES string of the molecule is CNC1CCN(CC2CC3CCC2C3)CC1.Cl. The van der Waals surface area contributed by atoms with Gasteiger partial charge in [-0.1, -0.05) is 6.42 Å². The lowest BCUT2D eigenvalue weighted by molar-refractivity contribution is 0.151. The second kappa shape index (κ2) is 5.90. The van der Waals surface area contributed by atoms with E-state index in [1.807, 2.05) is 0 Å². The van der Waals surface area contributed by atoms with E-state index >= 15 is 0 Å². The van der Waals surface area contributed by atoms with Gasteiger partial charge in [0.25, 0.3) is 0 Å². The molecule has 1 saturated heterocycles. The third-order valence-corrected chi connectivity index (χ3v) is 5.37. The van der Waals surface area contributed by atoms with Crippen LogP contribution in [0, 0.1) is 17.8 Å². The Hall–Kier alpha value is 0.210. The molecule has 3 atom stereocenters. The summed E-state index contributed by atoms with van der Waals surface area (Å²) in [6.45, 7) is 4.08. The summed E-state index contributed by atoms with van der Waals surface area (Å²) in [7, 11) is 2.11. The Kier molecular flexibility index (Phi) is 4.73. The van der Waals surface area contributed by atoms with Crippen molar-refractivity contribution >= 4 is 12.4 Å². The Morgan fingerprint density at radius 3 is 2.35 bits per heavy atom. The molecule has 1 heterocycles. The molecule has 0 radical (unpaired) electrons. The highest BCUT2D eigenvalue weighted by Crippen LogP contribution is 2.48. The molecule has 0 amide bonds. The zero-order chi connectivity index (χ0) is 11.0. The lowest BCUT2D eigenvalue weighted by Crippen LogP contribution is -2.43. The molecule has 2 aliphatic carbocycles. The largest absolute Gasteiger partial charge is 0.317 e. The molecule has 3 rings (SSSR count). The number of piperidine rings is 1. The van der Waals surface area contributed by atoms with E-state index < -0.39 is 0 Å². The van der Waals surface area contributed by atoms with Crippen molar-refractivity contribution < 1.29 is 0 Å². The van der Waals surface area contributed by atoms with Crippen LogP contribution in [0.2, 0.25) is 0 Å². The number of fused-ring (bicyclic) bond motifs is 2. The second-order valence-corrected chi connectivity index (χ2v) is 6.30. The number of rotatable bonds is 3. The van der Waals surface area contributed by atoms with Gasteiger partial charge < -0.3 is 10.2 Å². The Bertz CT molecular complexity index is 238. The van der Waals surface area contributed by atoms with Gasteiger partial charge in [-0.05, 0) is 70.0 Å². The molecule has 0 aromatic carbocycles. The Balaban J connectivity index is 0.00000108.